The molecule has 1 aromatic rings. The zero-order valence-electron chi connectivity index (χ0n) is 8.60. The fourth-order valence-corrected chi connectivity index (χ4v) is 2.31. The average molecular weight is 228 g/mol. The van der Waals surface area contributed by atoms with E-state index in [1.54, 1.807) is 6.07 Å². The Kier molecular flexibility index (Phi) is 3.60. The summed E-state index contributed by atoms with van der Waals surface area (Å²) < 4.78 is 13.2. The molecule has 0 aliphatic carbocycles. The largest absolute Gasteiger partial charge is 0.317 e. The van der Waals surface area contributed by atoms with Crippen LogP contribution in [-0.2, 0) is 6.42 Å². The van der Waals surface area contributed by atoms with Gasteiger partial charge >= 0.3 is 0 Å². The van der Waals surface area contributed by atoms with E-state index in [0.29, 0.717) is 10.9 Å². The number of halogens is 2. The van der Waals surface area contributed by atoms with Gasteiger partial charge in [-0.25, -0.2) is 4.39 Å². The van der Waals surface area contributed by atoms with E-state index < -0.39 is 0 Å². The van der Waals surface area contributed by atoms with Crippen LogP contribution in [0, 0.1) is 11.7 Å². The molecule has 0 atom stereocenters. The number of piperidine rings is 1. The minimum atomic E-state index is -0.303. The highest BCUT2D eigenvalue weighted by Gasteiger charge is 2.15. The summed E-state index contributed by atoms with van der Waals surface area (Å²) in [7, 11) is 0. The lowest BCUT2D eigenvalue weighted by Crippen LogP contribution is -2.28. The first kappa shape index (κ1) is 10.9. The number of benzene rings is 1. The molecule has 1 nitrogen and oxygen atoms in total. The lowest BCUT2D eigenvalue weighted by Gasteiger charge is -2.22. The zero-order valence-corrected chi connectivity index (χ0v) is 9.36. The molecule has 0 unspecified atom stereocenters. The van der Waals surface area contributed by atoms with Crippen LogP contribution >= 0.6 is 11.6 Å². The summed E-state index contributed by atoms with van der Waals surface area (Å²) in [6.45, 7) is 2.13. The van der Waals surface area contributed by atoms with Crippen molar-refractivity contribution in [2.75, 3.05) is 13.1 Å². The quantitative estimate of drug-likeness (QED) is 0.819. The third-order valence-corrected chi connectivity index (χ3v) is 3.42. The monoisotopic (exact) mass is 227 g/mol. The standard InChI is InChI=1S/C12H15ClFN/c13-12-10(2-1-3-11(12)14)8-9-4-6-15-7-5-9/h1-3,9,15H,4-8H2. The summed E-state index contributed by atoms with van der Waals surface area (Å²) in [6.07, 6.45) is 3.22. The van der Waals surface area contributed by atoms with Gasteiger partial charge in [-0.15, -0.1) is 0 Å². The van der Waals surface area contributed by atoms with E-state index in [2.05, 4.69) is 5.32 Å². The number of hydrogen-bond donors (Lipinski definition) is 1. The lowest BCUT2D eigenvalue weighted by atomic mass is 9.91. The second-order valence-electron chi connectivity index (χ2n) is 4.11. The smallest absolute Gasteiger partial charge is 0.142 e. The summed E-state index contributed by atoms with van der Waals surface area (Å²) in [5.41, 5.74) is 0.948. The van der Waals surface area contributed by atoms with E-state index in [9.17, 15) is 4.39 Å². The maximum atomic E-state index is 13.2. The van der Waals surface area contributed by atoms with Gasteiger partial charge in [-0.05, 0) is 49.9 Å². The molecule has 3 heteroatoms. The molecule has 0 saturated carbocycles. The Labute approximate surface area is 94.6 Å². The van der Waals surface area contributed by atoms with Gasteiger partial charge in [0.25, 0.3) is 0 Å². The Bertz CT molecular complexity index is 334. The van der Waals surface area contributed by atoms with Crippen molar-refractivity contribution >= 4 is 11.6 Å². The van der Waals surface area contributed by atoms with Crippen molar-refractivity contribution in [3.63, 3.8) is 0 Å². The molecular weight excluding hydrogens is 213 g/mol. The van der Waals surface area contributed by atoms with Crippen molar-refractivity contribution in [3.8, 4) is 0 Å². The second kappa shape index (κ2) is 4.95. The topological polar surface area (TPSA) is 12.0 Å². The normalized spacial score (nSPS) is 18.0. The number of rotatable bonds is 2. The Balaban J connectivity index is 2.06. The van der Waals surface area contributed by atoms with Crippen LogP contribution < -0.4 is 5.32 Å². The van der Waals surface area contributed by atoms with Gasteiger partial charge in [0, 0.05) is 0 Å². The number of nitrogens with one attached hydrogen (secondary N) is 1. The maximum Gasteiger partial charge on any atom is 0.142 e. The summed E-state index contributed by atoms with van der Waals surface area (Å²) in [5, 5.41) is 3.62. The first-order valence-corrected chi connectivity index (χ1v) is 5.79. The SMILES string of the molecule is Fc1cccc(CC2CCNCC2)c1Cl. The highest BCUT2D eigenvalue weighted by atomic mass is 35.5. The summed E-state index contributed by atoms with van der Waals surface area (Å²) in [4.78, 5) is 0. The van der Waals surface area contributed by atoms with E-state index in [1.807, 2.05) is 6.07 Å². The Morgan fingerprint density at radius 1 is 1.33 bits per heavy atom. The highest BCUT2D eigenvalue weighted by Crippen LogP contribution is 2.25. The van der Waals surface area contributed by atoms with Crippen LogP contribution in [0.3, 0.4) is 0 Å². The average Bonchev–Trinajstić information content (AvgIpc) is 2.26. The van der Waals surface area contributed by atoms with Gasteiger partial charge in [-0.3, -0.25) is 0 Å². The van der Waals surface area contributed by atoms with E-state index >= 15 is 0 Å². The van der Waals surface area contributed by atoms with Crippen LogP contribution in [0.25, 0.3) is 0 Å². The van der Waals surface area contributed by atoms with Crippen molar-refractivity contribution < 1.29 is 4.39 Å². The second-order valence-corrected chi connectivity index (χ2v) is 4.49. The minimum absolute atomic E-state index is 0.302. The van der Waals surface area contributed by atoms with Gasteiger partial charge in [0.1, 0.15) is 5.82 Å². The summed E-state index contributed by atoms with van der Waals surface area (Å²) >= 11 is 5.92. The molecule has 15 heavy (non-hydrogen) atoms. The van der Waals surface area contributed by atoms with Gasteiger partial charge in [-0.2, -0.15) is 0 Å². The lowest BCUT2D eigenvalue weighted by molar-refractivity contribution is 0.372. The van der Waals surface area contributed by atoms with E-state index in [4.69, 9.17) is 11.6 Å². The summed E-state index contributed by atoms with van der Waals surface area (Å²) in [6, 6.07) is 5.07. The molecule has 1 aromatic carbocycles. The highest BCUT2D eigenvalue weighted by molar-refractivity contribution is 6.31. The van der Waals surface area contributed by atoms with Crippen LogP contribution in [-0.4, -0.2) is 13.1 Å². The van der Waals surface area contributed by atoms with Crippen molar-refractivity contribution in [1.82, 2.24) is 5.32 Å². The van der Waals surface area contributed by atoms with E-state index in [-0.39, 0.29) is 5.82 Å². The van der Waals surface area contributed by atoms with Gasteiger partial charge < -0.3 is 5.32 Å². The Morgan fingerprint density at radius 2 is 2.07 bits per heavy atom. The molecule has 1 fully saturated rings. The van der Waals surface area contributed by atoms with Gasteiger partial charge in [0.2, 0.25) is 0 Å². The predicted octanol–water partition coefficient (Wildman–Crippen LogP) is 3.02. The molecule has 1 aliphatic rings. The molecule has 1 N–H and O–H groups in total. The van der Waals surface area contributed by atoms with E-state index in [0.717, 1.165) is 37.9 Å². The maximum absolute atomic E-state index is 13.2. The molecule has 0 bridgehead atoms. The summed E-state index contributed by atoms with van der Waals surface area (Å²) in [5.74, 6) is 0.341. The molecule has 0 radical (unpaired) electrons. The van der Waals surface area contributed by atoms with Crippen LogP contribution in [0.2, 0.25) is 5.02 Å². The molecule has 0 amide bonds. The van der Waals surface area contributed by atoms with E-state index in [1.165, 1.54) is 6.07 Å². The number of hydrogen-bond acceptors (Lipinski definition) is 1. The van der Waals surface area contributed by atoms with Crippen molar-refractivity contribution in [1.29, 1.82) is 0 Å². The molecule has 0 spiro atoms. The van der Waals surface area contributed by atoms with Crippen molar-refractivity contribution in [2.45, 2.75) is 19.3 Å². The van der Waals surface area contributed by atoms with Gasteiger partial charge in [0.05, 0.1) is 5.02 Å². The molecule has 82 valence electrons. The molecule has 0 aromatic heterocycles. The fourth-order valence-electron chi connectivity index (χ4n) is 2.10. The third-order valence-electron chi connectivity index (χ3n) is 3.00. The van der Waals surface area contributed by atoms with Gasteiger partial charge in [-0.1, -0.05) is 23.7 Å². The first-order chi connectivity index (χ1) is 7.27. The van der Waals surface area contributed by atoms with Gasteiger partial charge in [0.15, 0.2) is 0 Å². The van der Waals surface area contributed by atoms with Crippen molar-refractivity contribution in [3.05, 3.63) is 34.6 Å². The Hall–Kier alpha value is -0.600. The van der Waals surface area contributed by atoms with Crippen LogP contribution in [0.15, 0.2) is 18.2 Å². The van der Waals surface area contributed by atoms with Crippen molar-refractivity contribution in [2.24, 2.45) is 5.92 Å². The molecule has 1 heterocycles. The first-order valence-electron chi connectivity index (χ1n) is 5.41. The molecular formula is C12H15ClFN. The molecule has 1 aliphatic heterocycles. The third kappa shape index (κ3) is 2.70. The van der Waals surface area contributed by atoms with Crippen LogP contribution in [0.4, 0.5) is 4.39 Å². The molecule has 2 rings (SSSR count). The van der Waals surface area contributed by atoms with Crippen LogP contribution in [0.1, 0.15) is 18.4 Å². The zero-order chi connectivity index (χ0) is 10.7. The Morgan fingerprint density at radius 3 is 2.80 bits per heavy atom. The fraction of sp³-hybridized carbons (Fsp3) is 0.500. The molecule has 1 saturated heterocycles. The van der Waals surface area contributed by atoms with Crippen LogP contribution in [0.5, 0.6) is 0 Å². The predicted molar refractivity (Wildman–Crippen MR) is 60.7 cm³/mol. The minimum Gasteiger partial charge on any atom is -0.317 e.